The maximum absolute atomic E-state index is 13.1. The lowest BCUT2D eigenvalue weighted by atomic mass is 10.1. The molecule has 1 amide bonds. The highest BCUT2D eigenvalue weighted by Crippen LogP contribution is 2.38. The number of morpholine rings is 1. The Balaban J connectivity index is 1.74. The number of hydrogen-bond acceptors (Lipinski definition) is 7. The molecule has 0 saturated carbocycles. The van der Waals surface area contributed by atoms with Crippen molar-refractivity contribution in [3.05, 3.63) is 23.8 Å². The van der Waals surface area contributed by atoms with Gasteiger partial charge in [-0.15, -0.1) is 0 Å². The molecule has 0 aliphatic carbocycles. The molecule has 7 nitrogen and oxygen atoms in total. The van der Waals surface area contributed by atoms with Gasteiger partial charge in [-0.2, -0.15) is 11.8 Å². The normalized spacial score (nSPS) is 20.8. The summed E-state index contributed by atoms with van der Waals surface area (Å²) in [5, 5.41) is 0. The third-order valence-corrected chi connectivity index (χ3v) is 6.60. The Hall–Kier alpha value is -1.90. The number of carbonyl (C=O) groups is 1. The summed E-state index contributed by atoms with van der Waals surface area (Å²) in [6, 6.07) is 3.90. The number of amides is 1. The molecule has 30 heavy (non-hydrogen) atoms. The monoisotopic (exact) mass is 436 g/mol. The summed E-state index contributed by atoms with van der Waals surface area (Å²) in [6.07, 6.45) is 4.49. The minimum absolute atomic E-state index is 0.0458. The molecule has 0 radical (unpaired) electrons. The van der Waals surface area contributed by atoms with E-state index in [4.69, 9.17) is 18.9 Å². The Morgan fingerprint density at radius 1 is 1.13 bits per heavy atom. The fraction of sp³-hybridized carbons (Fsp3) is 0.591. The molecule has 0 N–H and O–H groups in total. The number of benzene rings is 1. The van der Waals surface area contributed by atoms with E-state index < -0.39 is 0 Å². The number of rotatable bonds is 7. The van der Waals surface area contributed by atoms with E-state index in [1.54, 1.807) is 27.4 Å². The van der Waals surface area contributed by atoms with E-state index in [2.05, 4.69) is 4.90 Å². The van der Waals surface area contributed by atoms with Crippen molar-refractivity contribution in [2.75, 3.05) is 72.2 Å². The van der Waals surface area contributed by atoms with Crippen molar-refractivity contribution in [2.45, 2.75) is 12.5 Å². The molecule has 1 atom stereocenters. The molecular formula is C22H32N2O5S. The van der Waals surface area contributed by atoms with Gasteiger partial charge >= 0.3 is 0 Å². The topological polar surface area (TPSA) is 60.5 Å². The largest absolute Gasteiger partial charge is 0.493 e. The molecule has 166 valence electrons. The van der Waals surface area contributed by atoms with Crippen molar-refractivity contribution < 1.29 is 23.7 Å². The van der Waals surface area contributed by atoms with Gasteiger partial charge in [-0.25, -0.2) is 0 Å². The maximum atomic E-state index is 13.1. The molecule has 2 aliphatic heterocycles. The van der Waals surface area contributed by atoms with Crippen molar-refractivity contribution >= 4 is 23.7 Å². The fourth-order valence-corrected chi connectivity index (χ4v) is 4.87. The van der Waals surface area contributed by atoms with E-state index in [1.807, 2.05) is 34.9 Å². The first-order chi connectivity index (χ1) is 14.7. The summed E-state index contributed by atoms with van der Waals surface area (Å²) in [5.41, 5.74) is 0.826. The second-order valence-corrected chi connectivity index (χ2v) is 8.47. The smallest absolute Gasteiger partial charge is 0.246 e. The van der Waals surface area contributed by atoms with Crippen LogP contribution in [-0.4, -0.2) is 94.0 Å². The molecule has 1 aromatic carbocycles. The minimum Gasteiger partial charge on any atom is -0.493 e. The van der Waals surface area contributed by atoms with Gasteiger partial charge in [-0.05, 0) is 35.9 Å². The molecule has 3 rings (SSSR count). The van der Waals surface area contributed by atoms with Crippen molar-refractivity contribution in [1.82, 2.24) is 9.80 Å². The van der Waals surface area contributed by atoms with Crippen molar-refractivity contribution in [1.29, 1.82) is 0 Å². The molecule has 1 aromatic rings. The van der Waals surface area contributed by atoms with E-state index in [0.717, 1.165) is 62.9 Å². The van der Waals surface area contributed by atoms with E-state index in [9.17, 15) is 4.79 Å². The van der Waals surface area contributed by atoms with Gasteiger partial charge in [-0.3, -0.25) is 9.69 Å². The molecular weight excluding hydrogens is 404 g/mol. The molecule has 1 unspecified atom stereocenters. The minimum atomic E-state index is 0.0458. The zero-order chi connectivity index (χ0) is 21.3. The lowest BCUT2D eigenvalue weighted by molar-refractivity contribution is -0.128. The molecule has 0 spiro atoms. The van der Waals surface area contributed by atoms with Crippen LogP contribution in [-0.2, 0) is 9.53 Å². The summed E-state index contributed by atoms with van der Waals surface area (Å²) >= 11 is 1.94. The molecule has 2 aliphatic rings. The summed E-state index contributed by atoms with van der Waals surface area (Å²) < 4.78 is 21.6. The van der Waals surface area contributed by atoms with Gasteiger partial charge in [0.1, 0.15) is 0 Å². The van der Waals surface area contributed by atoms with Gasteiger partial charge in [-0.1, -0.05) is 0 Å². The number of hydrogen-bond donors (Lipinski definition) is 0. The van der Waals surface area contributed by atoms with Crippen LogP contribution in [0, 0.1) is 0 Å². The lowest BCUT2D eigenvalue weighted by Gasteiger charge is -2.35. The zero-order valence-corrected chi connectivity index (χ0v) is 18.9. The molecule has 2 saturated heterocycles. The average molecular weight is 437 g/mol. The van der Waals surface area contributed by atoms with Crippen molar-refractivity contribution in [3.8, 4) is 17.2 Å². The first-order valence-electron chi connectivity index (χ1n) is 10.3. The Kier molecular flexibility index (Phi) is 8.72. The number of carbonyl (C=O) groups excluding carboxylic acids is 1. The highest BCUT2D eigenvalue weighted by molar-refractivity contribution is 7.99. The van der Waals surface area contributed by atoms with Crippen LogP contribution in [0.2, 0.25) is 0 Å². The van der Waals surface area contributed by atoms with Crippen LogP contribution in [0.3, 0.4) is 0 Å². The van der Waals surface area contributed by atoms with Crippen LogP contribution in [0.4, 0.5) is 0 Å². The summed E-state index contributed by atoms with van der Waals surface area (Å²) in [4.78, 5) is 17.5. The summed E-state index contributed by atoms with van der Waals surface area (Å²) in [5.74, 6) is 3.80. The summed E-state index contributed by atoms with van der Waals surface area (Å²) in [7, 11) is 4.74. The first-order valence-corrected chi connectivity index (χ1v) is 11.5. The zero-order valence-electron chi connectivity index (χ0n) is 18.1. The van der Waals surface area contributed by atoms with Crippen molar-refractivity contribution in [3.63, 3.8) is 0 Å². The van der Waals surface area contributed by atoms with Gasteiger partial charge in [0.2, 0.25) is 11.7 Å². The number of nitrogens with zero attached hydrogens (tertiary/aromatic N) is 2. The van der Waals surface area contributed by atoms with Crippen LogP contribution in [0.5, 0.6) is 17.2 Å². The van der Waals surface area contributed by atoms with Crippen molar-refractivity contribution in [2.24, 2.45) is 0 Å². The third-order valence-electron chi connectivity index (χ3n) is 5.40. The van der Waals surface area contributed by atoms with Crippen LogP contribution < -0.4 is 14.2 Å². The van der Waals surface area contributed by atoms with Gasteiger partial charge in [0.05, 0.1) is 40.6 Å². The first kappa shape index (κ1) is 22.8. The van der Waals surface area contributed by atoms with Gasteiger partial charge in [0.15, 0.2) is 11.5 Å². The lowest BCUT2D eigenvalue weighted by Crippen LogP contribution is -2.50. The highest BCUT2D eigenvalue weighted by atomic mass is 32.2. The molecule has 2 fully saturated rings. The SMILES string of the molecule is COc1cc(/C=C/C(=O)N2CCCSCC2CN2CCOCC2)cc(OC)c1OC. The Morgan fingerprint density at radius 3 is 2.47 bits per heavy atom. The quantitative estimate of drug-likeness (QED) is 0.608. The van der Waals surface area contributed by atoms with Crippen LogP contribution in [0.15, 0.2) is 18.2 Å². The van der Waals surface area contributed by atoms with Gasteiger partial charge in [0.25, 0.3) is 0 Å². The predicted molar refractivity (Wildman–Crippen MR) is 120 cm³/mol. The molecule has 8 heteroatoms. The summed E-state index contributed by atoms with van der Waals surface area (Å²) in [6.45, 7) is 5.11. The Labute approximate surface area is 183 Å². The van der Waals surface area contributed by atoms with Crippen LogP contribution in [0.25, 0.3) is 6.08 Å². The standard InChI is InChI=1S/C22H32N2O5S/c1-26-19-13-17(14-20(27-2)22(19)28-3)5-6-21(25)24-7-4-12-30-16-18(24)15-23-8-10-29-11-9-23/h5-6,13-14,18H,4,7-12,15-16H2,1-3H3/b6-5+. The predicted octanol–water partition coefficient (Wildman–Crippen LogP) is 2.39. The van der Waals surface area contributed by atoms with E-state index in [-0.39, 0.29) is 11.9 Å². The average Bonchev–Trinajstić information content (AvgIpc) is 3.02. The second kappa shape index (κ2) is 11.5. The van der Waals surface area contributed by atoms with Crippen LogP contribution >= 0.6 is 11.8 Å². The van der Waals surface area contributed by atoms with Gasteiger partial charge < -0.3 is 23.8 Å². The Morgan fingerprint density at radius 2 is 1.83 bits per heavy atom. The van der Waals surface area contributed by atoms with Crippen LogP contribution in [0.1, 0.15) is 12.0 Å². The third kappa shape index (κ3) is 5.83. The maximum Gasteiger partial charge on any atom is 0.246 e. The number of methoxy groups -OCH3 is 3. The fourth-order valence-electron chi connectivity index (χ4n) is 3.81. The highest BCUT2D eigenvalue weighted by Gasteiger charge is 2.27. The van der Waals surface area contributed by atoms with E-state index >= 15 is 0 Å². The van der Waals surface area contributed by atoms with E-state index in [0.29, 0.717) is 17.2 Å². The van der Waals surface area contributed by atoms with Gasteiger partial charge in [0, 0.05) is 38.0 Å². The molecule has 0 aromatic heterocycles. The number of ether oxygens (including phenoxy) is 4. The second-order valence-electron chi connectivity index (χ2n) is 7.32. The molecule has 0 bridgehead atoms. The van der Waals surface area contributed by atoms with E-state index in [1.165, 1.54) is 0 Å². The Bertz CT molecular complexity index is 711. The number of thioether (sulfide) groups is 1. The molecule has 2 heterocycles.